The molecule has 6 rings (SSSR count). The number of aromatic nitrogens is 1. The van der Waals surface area contributed by atoms with Gasteiger partial charge in [0.25, 0.3) is 0 Å². The minimum Gasteiger partial charge on any atom is -0.355 e. The zero-order chi connectivity index (χ0) is 21.9. The highest BCUT2D eigenvalue weighted by Crippen LogP contribution is 2.43. The van der Waals surface area contributed by atoms with E-state index < -0.39 is 0 Å². The summed E-state index contributed by atoms with van der Waals surface area (Å²) in [4.78, 5) is 15.2. The molecule has 170 valence electrons. The van der Waals surface area contributed by atoms with Crippen LogP contribution in [0, 0.1) is 6.92 Å². The Balaban J connectivity index is 1.25. The van der Waals surface area contributed by atoms with Crippen molar-refractivity contribution in [3.05, 3.63) is 53.6 Å². The van der Waals surface area contributed by atoms with Crippen LogP contribution in [-0.4, -0.2) is 63.4 Å². The molecule has 5 heterocycles. The summed E-state index contributed by atoms with van der Waals surface area (Å²) in [5.41, 5.74) is 2.67. The standard InChI is InChI=1S/C26H36N6/c1-18-7-6-14-27-24(18)20-8-4-9-21(29-20)25(3)19(2)32-22(30-25)10-5-11-23(32)31-16-15-28-26(17-31)12-13-26/h5-7,10-11,14,19-21,28-29H,4,8-9,12-13,15-17H2,1-3H3/t19?,20-,21+,25+/m0/s1. The monoisotopic (exact) mass is 432 g/mol. The highest BCUT2D eigenvalue weighted by Gasteiger charge is 2.52. The number of piperazine rings is 1. The number of nitrogens with zero attached hydrogens (tertiary/aromatic N) is 4. The Hall–Kier alpha value is -2.18. The Morgan fingerprint density at radius 2 is 2.09 bits per heavy atom. The molecule has 0 aromatic carbocycles. The molecular weight excluding hydrogens is 396 g/mol. The predicted molar refractivity (Wildman–Crippen MR) is 128 cm³/mol. The molecule has 32 heavy (non-hydrogen) atoms. The molecule has 0 bridgehead atoms. The van der Waals surface area contributed by atoms with Crippen molar-refractivity contribution in [2.24, 2.45) is 4.99 Å². The summed E-state index contributed by atoms with van der Waals surface area (Å²) in [6.45, 7) is 10.2. The van der Waals surface area contributed by atoms with Crippen molar-refractivity contribution >= 4 is 5.84 Å². The number of aliphatic imine (C=N–C) groups is 1. The molecule has 2 saturated heterocycles. The molecular formula is C26H36N6. The van der Waals surface area contributed by atoms with E-state index in [0.717, 1.165) is 38.3 Å². The van der Waals surface area contributed by atoms with Crippen molar-refractivity contribution in [3.8, 4) is 0 Å². The van der Waals surface area contributed by atoms with Crippen molar-refractivity contribution in [2.75, 3.05) is 19.6 Å². The molecule has 1 aliphatic carbocycles. The van der Waals surface area contributed by atoms with Crippen molar-refractivity contribution in [2.45, 2.75) is 82.1 Å². The van der Waals surface area contributed by atoms with Crippen LogP contribution < -0.4 is 10.6 Å². The summed E-state index contributed by atoms with van der Waals surface area (Å²) in [6, 6.07) is 5.16. The predicted octanol–water partition coefficient (Wildman–Crippen LogP) is 3.28. The first-order valence-electron chi connectivity index (χ1n) is 12.4. The van der Waals surface area contributed by atoms with Crippen LogP contribution in [0.3, 0.4) is 0 Å². The first-order valence-corrected chi connectivity index (χ1v) is 12.4. The lowest BCUT2D eigenvalue weighted by Gasteiger charge is -2.46. The fourth-order valence-corrected chi connectivity index (χ4v) is 6.33. The molecule has 0 radical (unpaired) electrons. The highest BCUT2D eigenvalue weighted by molar-refractivity contribution is 5.97. The molecule has 1 aromatic rings. The third kappa shape index (κ3) is 3.22. The van der Waals surface area contributed by atoms with E-state index in [0.29, 0.717) is 23.7 Å². The lowest BCUT2D eigenvalue weighted by molar-refractivity contribution is 0.141. The molecule has 5 aliphatic rings. The van der Waals surface area contributed by atoms with Gasteiger partial charge in [0, 0.05) is 37.4 Å². The summed E-state index contributed by atoms with van der Waals surface area (Å²) in [5.74, 6) is 2.46. The molecule has 3 fully saturated rings. The summed E-state index contributed by atoms with van der Waals surface area (Å²) < 4.78 is 0. The summed E-state index contributed by atoms with van der Waals surface area (Å²) in [7, 11) is 0. The summed E-state index contributed by atoms with van der Waals surface area (Å²) >= 11 is 0. The second-order valence-corrected chi connectivity index (χ2v) is 10.7. The van der Waals surface area contributed by atoms with Crippen LogP contribution in [0.15, 0.2) is 47.4 Å². The zero-order valence-corrected chi connectivity index (χ0v) is 19.6. The van der Waals surface area contributed by atoms with Crippen LogP contribution in [0.1, 0.15) is 63.3 Å². The van der Waals surface area contributed by atoms with Crippen molar-refractivity contribution < 1.29 is 0 Å². The number of nitrogens with one attached hydrogen (secondary N) is 2. The van der Waals surface area contributed by atoms with E-state index in [1.54, 1.807) is 0 Å². The fraction of sp³-hybridized carbons (Fsp3) is 0.615. The van der Waals surface area contributed by atoms with Crippen molar-refractivity contribution in [1.29, 1.82) is 0 Å². The van der Waals surface area contributed by atoms with Gasteiger partial charge >= 0.3 is 0 Å². The Kier molecular flexibility index (Phi) is 4.74. The van der Waals surface area contributed by atoms with E-state index in [9.17, 15) is 0 Å². The lowest BCUT2D eigenvalue weighted by Crippen LogP contribution is -2.59. The molecule has 6 heteroatoms. The van der Waals surface area contributed by atoms with Crippen LogP contribution in [0.5, 0.6) is 0 Å². The third-order valence-electron chi connectivity index (χ3n) is 8.60. The Bertz CT molecular complexity index is 992. The van der Waals surface area contributed by atoms with Crippen molar-refractivity contribution in [1.82, 2.24) is 25.4 Å². The van der Waals surface area contributed by atoms with Gasteiger partial charge in [-0.1, -0.05) is 12.1 Å². The van der Waals surface area contributed by atoms with Gasteiger partial charge in [-0.2, -0.15) is 0 Å². The molecule has 1 aromatic heterocycles. The molecule has 1 spiro atoms. The second-order valence-electron chi connectivity index (χ2n) is 10.7. The van der Waals surface area contributed by atoms with Crippen LogP contribution in [-0.2, 0) is 0 Å². The number of fused-ring (bicyclic) bond motifs is 1. The number of amidine groups is 1. The first-order chi connectivity index (χ1) is 15.5. The molecule has 2 N–H and O–H groups in total. The van der Waals surface area contributed by atoms with Gasteiger partial charge in [-0.3, -0.25) is 9.98 Å². The number of piperidine rings is 1. The Labute approximate surface area is 191 Å². The zero-order valence-electron chi connectivity index (χ0n) is 19.6. The van der Waals surface area contributed by atoms with Crippen LogP contribution in [0.25, 0.3) is 0 Å². The largest absolute Gasteiger partial charge is 0.355 e. The maximum Gasteiger partial charge on any atom is 0.130 e. The number of hydrogen-bond donors (Lipinski definition) is 2. The number of rotatable bonds is 3. The molecule has 1 unspecified atom stereocenters. The average Bonchev–Trinajstić information content (AvgIpc) is 3.50. The van der Waals surface area contributed by atoms with Crippen LogP contribution in [0.2, 0.25) is 0 Å². The van der Waals surface area contributed by atoms with Gasteiger partial charge in [0.05, 0.1) is 23.3 Å². The van der Waals surface area contributed by atoms with Gasteiger partial charge in [0.15, 0.2) is 0 Å². The smallest absolute Gasteiger partial charge is 0.130 e. The van der Waals surface area contributed by atoms with Gasteiger partial charge in [-0.15, -0.1) is 0 Å². The van der Waals surface area contributed by atoms with Gasteiger partial charge in [-0.25, -0.2) is 0 Å². The highest BCUT2D eigenvalue weighted by atomic mass is 15.4. The maximum absolute atomic E-state index is 5.38. The molecule has 6 nitrogen and oxygen atoms in total. The first kappa shape index (κ1) is 20.4. The summed E-state index contributed by atoms with van der Waals surface area (Å²) in [6.07, 6.45) is 14.8. The number of pyridine rings is 1. The molecule has 1 saturated carbocycles. The normalized spacial score (nSPS) is 35.5. The SMILES string of the molecule is Cc1cccnc1[C@@H]1CCC[C@H]([C@]2(C)N=C3C=CC=C(N4CCNC5(CC5)C4)N3C2C)N1. The van der Waals surface area contributed by atoms with E-state index in [-0.39, 0.29) is 5.54 Å². The lowest BCUT2D eigenvalue weighted by atomic mass is 9.79. The topological polar surface area (TPSA) is 55.8 Å². The second kappa shape index (κ2) is 7.42. The third-order valence-corrected chi connectivity index (χ3v) is 8.60. The van der Waals surface area contributed by atoms with E-state index >= 15 is 0 Å². The van der Waals surface area contributed by atoms with Gasteiger partial charge < -0.3 is 20.4 Å². The molecule has 4 atom stereocenters. The van der Waals surface area contributed by atoms with Crippen LogP contribution in [0.4, 0.5) is 0 Å². The van der Waals surface area contributed by atoms with Gasteiger partial charge in [0.2, 0.25) is 0 Å². The average molecular weight is 433 g/mol. The Morgan fingerprint density at radius 3 is 2.91 bits per heavy atom. The fourth-order valence-electron chi connectivity index (χ4n) is 6.33. The number of hydrogen-bond acceptors (Lipinski definition) is 6. The van der Waals surface area contributed by atoms with Gasteiger partial charge in [-0.05, 0) is 76.7 Å². The van der Waals surface area contributed by atoms with Crippen molar-refractivity contribution in [3.63, 3.8) is 0 Å². The van der Waals surface area contributed by atoms with Gasteiger partial charge in [0.1, 0.15) is 11.7 Å². The Morgan fingerprint density at radius 1 is 1.22 bits per heavy atom. The van der Waals surface area contributed by atoms with E-state index in [1.807, 2.05) is 12.3 Å². The quantitative estimate of drug-likeness (QED) is 0.768. The molecule has 4 aliphatic heterocycles. The minimum atomic E-state index is -0.171. The molecule has 0 amide bonds. The number of aryl methyl sites for hydroxylation is 1. The van der Waals surface area contributed by atoms with E-state index in [1.165, 1.54) is 36.3 Å². The maximum atomic E-state index is 5.38. The summed E-state index contributed by atoms with van der Waals surface area (Å²) in [5, 5.41) is 7.74. The number of allylic oxidation sites excluding steroid dienone is 2. The van der Waals surface area contributed by atoms with E-state index in [4.69, 9.17) is 9.98 Å². The minimum absolute atomic E-state index is 0.171. The van der Waals surface area contributed by atoms with Crippen LogP contribution >= 0.6 is 0 Å². The van der Waals surface area contributed by atoms with E-state index in [2.05, 4.69) is 65.5 Å².